The predicted molar refractivity (Wildman–Crippen MR) is 75.1 cm³/mol. The second-order valence-corrected chi connectivity index (χ2v) is 4.43. The molecular weight excluding hydrogens is 254 g/mol. The van der Waals surface area contributed by atoms with Gasteiger partial charge < -0.3 is 9.84 Å². The first-order chi connectivity index (χ1) is 9.81. The van der Waals surface area contributed by atoms with Gasteiger partial charge in [0.25, 0.3) is 0 Å². The maximum absolute atomic E-state index is 5.22. The Morgan fingerprint density at radius 1 is 1.20 bits per heavy atom. The van der Waals surface area contributed by atoms with Crippen molar-refractivity contribution in [3.05, 3.63) is 48.5 Å². The molecule has 6 heteroatoms. The van der Waals surface area contributed by atoms with Gasteiger partial charge in [-0.15, -0.1) is 0 Å². The lowest BCUT2D eigenvalue weighted by molar-refractivity contribution is 0.381. The van der Waals surface area contributed by atoms with Crippen molar-refractivity contribution in [2.75, 3.05) is 11.9 Å². The summed E-state index contributed by atoms with van der Waals surface area (Å²) in [5, 5.41) is 11.5. The highest BCUT2D eigenvalue weighted by Gasteiger charge is 2.10. The number of nitrogens with zero attached hydrogens (tertiary/aromatic N) is 4. The SMILES string of the molecule is Cn1ccc(-c2noc(CCNc3ccccc3)n2)n1. The van der Waals surface area contributed by atoms with Crippen molar-refractivity contribution in [3.8, 4) is 11.5 Å². The number of hydrogen-bond donors (Lipinski definition) is 1. The maximum Gasteiger partial charge on any atom is 0.228 e. The van der Waals surface area contributed by atoms with Crippen molar-refractivity contribution in [1.29, 1.82) is 0 Å². The summed E-state index contributed by atoms with van der Waals surface area (Å²) in [6, 6.07) is 11.9. The van der Waals surface area contributed by atoms with Crippen LogP contribution in [0.25, 0.3) is 11.5 Å². The van der Waals surface area contributed by atoms with Crippen LogP contribution in [0.1, 0.15) is 5.89 Å². The molecule has 0 aliphatic carbocycles. The Bertz CT molecular complexity index is 674. The molecule has 2 aromatic heterocycles. The Hall–Kier alpha value is -2.63. The molecule has 1 aromatic carbocycles. The van der Waals surface area contributed by atoms with Gasteiger partial charge in [0, 0.05) is 31.9 Å². The van der Waals surface area contributed by atoms with Gasteiger partial charge in [0.15, 0.2) is 0 Å². The molecule has 0 saturated carbocycles. The van der Waals surface area contributed by atoms with E-state index >= 15 is 0 Å². The van der Waals surface area contributed by atoms with E-state index in [9.17, 15) is 0 Å². The third kappa shape index (κ3) is 2.85. The van der Waals surface area contributed by atoms with E-state index in [0.29, 0.717) is 18.1 Å². The van der Waals surface area contributed by atoms with Crippen molar-refractivity contribution in [2.24, 2.45) is 7.05 Å². The van der Waals surface area contributed by atoms with Crippen LogP contribution < -0.4 is 5.32 Å². The zero-order chi connectivity index (χ0) is 13.8. The minimum atomic E-state index is 0.528. The molecule has 3 rings (SSSR count). The summed E-state index contributed by atoms with van der Waals surface area (Å²) < 4.78 is 6.93. The zero-order valence-corrected chi connectivity index (χ0v) is 11.2. The van der Waals surface area contributed by atoms with Gasteiger partial charge in [-0.25, -0.2) is 0 Å². The predicted octanol–water partition coefficient (Wildman–Crippen LogP) is 2.12. The molecule has 0 atom stereocenters. The van der Waals surface area contributed by atoms with Crippen LogP contribution in [0.15, 0.2) is 47.1 Å². The van der Waals surface area contributed by atoms with E-state index < -0.39 is 0 Å². The van der Waals surface area contributed by atoms with Crippen molar-refractivity contribution in [3.63, 3.8) is 0 Å². The smallest absolute Gasteiger partial charge is 0.228 e. The van der Waals surface area contributed by atoms with Gasteiger partial charge in [0.1, 0.15) is 5.69 Å². The summed E-state index contributed by atoms with van der Waals surface area (Å²) in [4.78, 5) is 4.33. The van der Waals surface area contributed by atoms with Crippen molar-refractivity contribution >= 4 is 5.69 Å². The minimum absolute atomic E-state index is 0.528. The molecule has 0 saturated heterocycles. The van der Waals surface area contributed by atoms with Crippen LogP contribution in [-0.2, 0) is 13.5 Å². The van der Waals surface area contributed by atoms with Gasteiger partial charge in [-0.3, -0.25) is 4.68 Å². The van der Waals surface area contributed by atoms with Gasteiger partial charge in [-0.05, 0) is 18.2 Å². The second kappa shape index (κ2) is 5.56. The number of aryl methyl sites for hydroxylation is 1. The first-order valence-electron chi connectivity index (χ1n) is 6.43. The Morgan fingerprint density at radius 3 is 2.80 bits per heavy atom. The molecule has 0 fully saturated rings. The molecule has 0 amide bonds. The fraction of sp³-hybridized carbons (Fsp3) is 0.214. The first kappa shape index (κ1) is 12.4. The van der Waals surface area contributed by atoms with E-state index in [0.717, 1.165) is 17.9 Å². The summed E-state index contributed by atoms with van der Waals surface area (Å²) in [6.45, 7) is 0.744. The maximum atomic E-state index is 5.22. The highest BCUT2D eigenvalue weighted by Crippen LogP contribution is 2.13. The van der Waals surface area contributed by atoms with Crippen LogP contribution in [0.3, 0.4) is 0 Å². The number of nitrogens with one attached hydrogen (secondary N) is 1. The molecule has 0 aliphatic heterocycles. The number of rotatable bonds is 5. The largest absolute Gasteiger partial charge is 0.385 e. The number of aromatic nitrogens is 4. The average Bonchev–Trinajstić information content (AvgIpc) is 3.09. The fourth-order valence-electron chi connectivity index (χ4n) is 1.86. The summed E-state index contributed by atoms with van der Waals surface area (Å²) in [5.74, 6) is 1.13. The fourth-order valence-corrected chi connectivity index (χ4v) is 1.86. The van der Waals surface area contributed by atoms with Gasteiger partial charge in [0.05, 0.1) is 0 Å². The number of benzene rings is 1. The summed E-state index contributed by atoms with van der Waals surface area (Å²) >= 11 is 0. The van der Waals surface area contributed by atoms with Crippen molar-refractivity contribution in [1.82, 2.24) is 19.9 Å². The van der Waals surface area contributed by atoms with E-state index in [1.807, 2.05) is 49.6 Å². The van der Waals surface area contributed by atoms with E-state index in [1.165, 1.54) is 0 Å². The minimum Gasteiger partial charge on any atom is -0.385 e. The quantitative estimate of drug-likeness (QED) is 0.768. The summed E-state index contributed by atoms with van der Waals surface area (Å²) in [7, 11) is 1.86. The zero-order valence-electron chi connectivity index (χ0n) is 11.2. The van der Waals surface area contributed by atoms with Gasteiger partial charge in [-0.2, -0.15) is 10.1 Å². The van der Waals surface area contributed by atoms with E-state index in [2.05, 4.69) is 20.6 Å². The highest BCUT2D eigenvalue weighted by molar-refractivity contribution is 5.46. The van der Waals surface area contributed by atoms with Crippen LogP contribution in [0.2, 0.25) is 0 Å². The third-order valence-electron chi connectivity index (χ3n) is 2.85. The van der Waals surface area contributed by atoms with Crippen LogP contribution >= 0.6 is 0 Å². The molecule has 0 aliphatic rings. The Kier molecular flexibility index (Phi) is 3.45. The Labute approximate surface area is 116 Å². The van der Waals surface area contributed by atoms with Crippen molar-refractivity contribution < 1.29 is 4.52 Å². The molecule has 0 bridgehead atoms. The molecule has 3 aromatic rings. The number of para-hydroxylation sites is 1. The van der Waals surface area contributed by atoms with Crippen LogP contribution in [-0.4, -0.2) is 26.5 Å². The average molecular weight is 269 g/mol. The number of hydrogen-bond acceptors (Lipinski definition) is 5. The van der Waals surface area contributed by atoms with E-state index in [-0.39, 0.29) is 0 Å². The Morgan fingerprint density at radius 2 is 2.05 bits per heavy atom. The lowest BCUT2D eigenvalue weighted by Gasteiger charge is -2.02. The van der Waals surface area contributed by atoms with Crippen LogP contribution in [0, 0.1) is 0 Å². The van der Waals surface area contributed by atoms with Gasteiger partial charge in [0.2, 0.25) is 11.7 Å². The highest BCUT2D eigenvalue weighted by atomic mass is 16.5. The van der Waals surface area contributed by atoms with E-state index in [1.54, 1.807) is 4.68 Å². The van der Waals surface area contributed by atoms with Crippen molar-refractivity contribution in [2.45, 2.75) is 6.42 Å². The van der Waals surface area contributed by atoms with Gasteiger partial charge in [-0.1, -0.05) is 23.4 Å². The van der Waals surface area contributed by atoms with Crippen LogP contribution in [0.4, 0.5) is 5.69 Å². The topological polar surface area (TPSA) is 68.8 Å². The number of anilines is 1. The lowest BCUT2D eigenvalue weighted by atomic mass is 10.3. The second-order valence-electron chi connectivity index (χ2n) is 4.43. The Balaban J connectivity index is 1.58. The molecule has 2 heterocycles. The van der Waals surface area contributed by atoms with E-state index in [4.69, 9.17) is 4.52 Å². The molecule has 0 radical (unpaired) electrons. The lowest BCUT2D eigenvalue weighted by Crippen LogP contribution is -2.04. The van der Waals surface area contributed by atoms with Gasteiger partial charge >= 0.3 is 0 Å². The normalized spacial score (nSPS) is 10.7. The molecule has 20 heavy (non-hydrogen) atoms. The summed E-state index contributed by atoms with van der Waals surface area (Å²) in [5.41, 5.74) is 1.80. The molecule has 6 nitrogen and oxygen atoms in total. The first-order valence-corrected chi connectivity index (χ1v) is 6.43. The molecule has 102 valence electrons. The summed E-state index contributed by atoms with van der Waals surface area (Å²) in [6.07, 6.45) is 2.52. The molecule has 0 spiro atoms. The standard InChI is InChI=1S/C14H15N5O/c1-19-10-8-12(17-19)14-16-13(20-18-14)7-9-15-11-5-3-2-4-6-11/h2-6,8,10,15H,7,9H2,1H3. The monoisotopic (exact) mass is 269 g/mol. The molecular formula is C14H15N5O. The third-order valence-corrected chi connectivity index (χ3v) is 2.85. The molecule has 1 N–H and O–H groups in total. The van der Waals surface area contributed by atoms with Crippen LogP contribution in [0.5, 0.6) is 0 Å². The molecule has 0 unspecified atom stereocenters.